The van der Waals surface area contributed by atoms with Gasteiger partial charge in [0, 0.05) is 38.6 Å². The fraction of sp³-hybridized carbons (Fsp3) is 0.615. The van der Waals surface area contributed by atoms with Crippen LogP contribution < -0.4 is 10.6 Å². The van der Waals surface area contributed by atoms with Crippen LogP contribution in [0.1, 0.15) is 19.8 Å². The molecule has 1 aromatic rings. The molecule has 0 saturated carbocycles. The number of oxime groups is 1. The Bertz CT molecular complexity index is 472. The van der Waals surface area contributed by atoms with Crippen LogP contribution in [-0.2, 0) is 0 Å². The molecule has 0 amide bonds. The van der Waals surface area contributed by atoms with Gasteiger partial charge in [-0.25, -0.2) is 9.97 Å². The fourth-order valence-corrected chi connectivity index (χ4v) is 2.76. The predicted molar refractivity (Wildman–Crippen MR) is 85.6 cm³/mol. The van der Waals surface area contributed by atoms with Crippen molar-refractivity contribution < 1.29 is 5.21 Å². The lowest BCUT2D eigenvalue weighted by Gasteiger charge is -2.38. The van der Waals surface area contributed by atoms with E-state index in [4.69, 9.17) is 10.9 Å². The van der Waals surface area contributed by atoms with E-state index in [1.54, 1.807) is 12.4 Å². The molecular weight excluding hydrogens is 336 g/mol. The second-order valence-corrected chi connectivity index (χ2v) is 5.97. The summed E-state index contributed by atoms with van der Waals surface area (Å²) < 4.78 is 0.875. The number of hydrogen-bond acceptors (Lipinski definition) is 6. The number of hydrogen-bond donors (Lipinski definition) is 2. The summed E-state index contributed by atoms with van der Waals surface area (Å²) in [6.45, 7) is 5.46. The quantitative estimate of drug-likeness (QED) is 0.357. The van der Waals surface area contributed by atoms with Crippen molar-refractivity contribution in [1.82, 2.24) is 14.9 Å². The molecule has 1 aliphatic rings. The first-order valence-electron chi connectivity index (χ1n) is 7.09. The van der Waals surface area contributed by atoms with Crippen LogP contribution in [0.3, 0.4) is 0 Å². The SMILES string of the molecule is CCCC(C(N)=NO)N1CCN(c2ncc(Br)cn2)CC1. The van der Waals surface area contributed by atoms with E-state index in [1.807, 2.05) is 0 Å². The lowest BCUT2D eigenvalue weighted by atomic mass is 10.1. The molecule has 116 valence electrons. The summed E-state index contributed by atoms with van der Waals surface area (Å²) in [6.07, 6.45) is 5.40. The van der Waals surface area contributed by atoms with Crippen LogP contribution in [0.15, 0.2) is 22.0 Å². The molecule has 2 rings (SSSR count). The summed E-state index contributed by atoms with van der Waals surface area (Å²) in [5.41, 5.74) is 5.81. The van der Waals surface area contributed by atoms with Crippen LogP contribution in [-0.4, -0.2) is 58.1 Å². The lowest BCUT2D eigenvalue weighted by Crippen LogP contribution is -2.54. The maximum atomic E-state index is 8.92. The van der Waals surface area contributed by atoms with E-state index < -0.39 is 0 Å². The number of rotatable bonds is 5. The molecule has 1 atom stereocenters. The molecule has 0 radical (unpaired) electrons. The molecule has 7 nitrogen and oxygen atoms in total. The van der Waals surface area contributed by atoms with Gasteiger partial charge >= 0.3 is 0 Å². The van der Waals surface area contributed by atoms with Gasteiger partial charge in [-0.2, -0.15) is 0 Å². The van der Waals surface area contributed by atoms with E-state index in [1.165, 1.54) is 0 Å². The molecule has 1 unspecified atom stereocenters. The second kappa shape index (κ2) is 7.56. The number of anilines is 1. The highest BCUT2D eigenvalue weighted by Gasteiger charge is 2.26. The van der Waals surface area contributed by atoms with Gasteiger partial charge in [0.05, 0.1) is 10.5 Å². The summed E-state index contributed by atoms with van der Waals surface area (Å²) >= 11 is 3.34. The molecule has 2 heterocycles. The monoisotopic (exact) mass is 356 g/mol. The number of nitrogens with two attached hydrogens (primary N) is 1. The van der Waals surface area contributed by atoms with Crippen LogP contribution in [0.2, 0.25) is 0 Å². The molecule has 0 aliphatic carbocycles. The molecule has 0 bridgehead atoms. The molecule has 1 saturated heterocycles. The molecular formula is C13H21BrN6O. The van der Waals surface area contributed by atoms with Gasteiger partial charge in [-0.3, -0.25) is 4.90 Å². The highest BCUT2D eigenvalue weighted by Crippen LogP contribution is 2.16. The van der Waals surface area contributed by atoms with E-state index in [2.05, 4.69) is 47.8 Å². The van der Waals surface area contributed by atoms with E-state index in [-0.39, 0.29) is 6.04 Å². The molecule has 1 aliphatic heterocycles. The Morgan fingerprint density at radius 2 is 2.00 bits per heavy atom. The Morgan fingerprint density at radius 3 is 2.52 bits per heavy atom. The van der Waals surface area contributed by atoms with Crippen LogP contribution in [0, 0.1) is 0 Å². The maximum absolute atomic E-state index is 8.92. The zero-order valence-corrected chi connectivity index (χ0v) is 13.7. The minimum Gasteiger partial charge on any atom is -0.409 e. The van der Waals surface area contributed by atoms with E-state index in [9.17, 15) is 0 Å². The Balaban J connectivity index is 1.97. The number of piperazine rings is 1. The Kier molecular flexibility index (Phi) is 5.75. The highest BCUT2D eigenvalue weighted by molar-refractivity contribution is 9.10. The van der Waals surface area contributed by atoms with Crippen molar-refractivity contribution in [2.75, 3.05) is 31.1 Å². The molecule has 0 aromatic carbocycles. The van der Waals surface area contributed by atoms with Crippen molar-refractivity contribution in [3.05, 3.63) is 16.9 Å². The van der Waals surface area contributed by atoms with Crippen molar-refractivity contribution >= 4 is 27.7 Å². The third-order valence-corrected chi connectivity index (χ3v) is 4.07. The Labute approximate surface area is 133 Å². The molecule has 1 aromatic heterocycles. The fourth-order valence-electron chi connectivity index (χ4n) is 2.56. The summed E-state index contributed by atoms with van der Waals surface area (Å²) in [7, 11) is 0. The van der Waals surface area contributed by atoms with Crippen LogP contribution in [0.4, 0.5) is 5.95 Å². The van der Waals surface area contributed by atoms with Gasteiger partial charge in [0.25, 0.3) is 0 Å². The van der Waals surface area contributed by atoms with Crippen molar-refractivity contribution in [1.29, 1.82) is 0 Å². The van der Waals surface area contributed by atoms with Crippen molar-refractivity contribution in [3.63, 3.8) is 0 Å². The lowest BCUT2D eigenvalue weighted by molar-refractivity contribution is 0.210. The third-order valence-electron chi connectivity index (χ3n) is 3.66. The summed E-state index contributed by atoms with van der Waals surface area (Å²) in [5.74, 6) is 1.04. The molecule has 3 N–H and O–H groups in total. The normalized spacial score (nSPS) is 18.8. The average Bonchev–Trinajstić information content (AvgIpc) is 2.53. The standard InChI is InChI=1S/C13H21BrN6O/c1-2-3-11(12(15)18-21)19-4-6-20(7-5-19)13-16-8-10(14)9-17-13/h8-9,11,21H,2-7H2,1H3,(H2,15,18). The third kappa shape index (κ3) is 4.04. The zero-order chi connectivity index (χ0) is 15.2. The first-order valence-corrected chi connectivity index (χ1v) is 7.89. The average molecular weight is 357 g/mol. The maximum Gasteiger partial charge on any atom is 0.225 e. The summed E-state index contributed by atoms with van der Waals surface area (Å²) in [5, 5.41) is 12.1. The number of nitrogens with zero attached hydrogens (tertiary/aromatic N) is 5. The number of amidine groups is 1. The second-order valence-electron chi connectivity index (χ2n) is 5.05. The minimum absolute atomic E-state index is 0.00739. The minimum atomic E-state index is 0.00739. The zero-order valence-electron chi connectivity index (χ0n) is 12.1. The van der Waals surface area contributed by atoms with Gasteiger partial charge in [0.15, 0.2) is 5.84 Å². The topological polar surface area (TPSA) is 90.9 Å². The van der Waals surface area contributed by atoms with Gasteiger partial charge in [-0.1, -0.05) is 18.5 Å². The molecule has 21 heavy (non-hydrogen) atoms. The Hall–Kier alpha value is -1.41. The largest absolute Gasteiger partial charge is 0.409 e. The van der Waals surface area contributed by atoms with E-state index in [0.717, 1.165) is 49.4 Å². The van der Waals surface area contributed by atoms with Gasteiger partial charge in [0.1, 0.15) is 0 Å². The smallest absolute Gasteiger partial charge is 0.225 e. The van der Waals surface area contributed by atoms with Crippen LogP contribution in [0.25, 0.3) is 0 Å². The number of halogens is 1. The molecule has 8 heteroatoms. The van der Waals surface area contributed by atoms with Gasteiger partial charge < -0.3 is 15.8 Å². The summed E-state index contributed by atoms with van der Waals surface area (Å²) in [6, 6.07) is 0.00739. The predicted octanol–water partition coefficient (Wildman–Crippen LogP) is 1.28. The van der Waals surface area contributed by atoms with Gasteiger partial charge in [-0.05, 0) is 22.4 Å². The van der Waals surface area contributed by atoms with Crippen LogP contribution in [0.5, 0.6) is 0 Å². The summed E-state index contributed by atoms with van der Waals surface area (Å²) in [4.78, 5) is 13.0. The molecule has 0 spiro atoms. The van der Waals surface area contributed by atoms with Crippen molar-refractivity contribution in [3.8, 4) is 0 Å². The first kappa shape index (κ1) is 16.0. The number of aromatic nitrogens is 2. The first-order chi connectivity index (χ1) is 10.2. The van der Waals surface area contributed by atoms with Gasteiger partial charge in [-0.15, -0.1) is 0 Å². The van der Waals surface area contributed by atoms with Crippen molar-refractivity contribution in [2.24, 2.45) is 10.9 Å². The van der Waals surface area contributed by atoms with Crippen LogP contribution >= 0.6 is 15.9 Å². The Morgan fingerprint density at radius 1 is 1.38 bits per heavy atom. The van der Waals surface area contributed by atoms with Crippen molar-refractivity contribution in [2.45, 2.75) is 25.8 Å². The highest BCUT2D eigenvalue weighted by atomic mass is 79.9. The van der Waals surface area contributed by atoms with E-state index >= 15 is 0 Å². The molecule has 1 fully saturated rings. The van der Waals surface area contributed by atoms with Gasteiger partial charge in [0.2, 0.25) is 5.95 Å². The van der Waals surface area contributed by atoms with E-state index in [0.29, 0.717) is 5.84 Å².